The number of hydrogen-bond acceptors (Lipinski definition) is 7. The van der Waals surface area contributed by atoms with E-state index in [0.29, 0.717) is 0 Å². The molecule has 34 heavy (non-hydrogen) atoms. The zero-order chi connectivity index (χ0) is 22.9. The standard InChI is InChI=1S/C25H25N7OS/c33-24(22-13-27-20-7-3-4-8-21(20)28-22)29-19-6-2-1-5-18(19)23-15-32-17(16-34-25(32)30-23)14-31-11-9-26-10-12-31/h1-8,13,15-16,22,26,28H,9-12,14H2,(H,29,33). The van der Waals surface area contributed by atoms with E-state index in [4.69, 9.17) is 4.98 Å². The molecule has 1 amide bonds. The maximum absolute atomic E-state index is 13.1. The zero-order valence-corrected chi connectivity index (χ0v) is 19.4. The van der Waals surface area contributed by atoms with Gasteiger partial charge in [-0.2, -0.15) is 0 Å². The molecular formula is C25H25N7OS. The molecule has 2 aromatic carbocycles. The van der Waals surface area contributed by atoms with E-state index in [-0.39, 0.29) is 5.91 Å². The lowest BCUT2D eigenvalue weighted by molar-refractivity contribution is -0.115. The van der Waals surface area contributed by atoms with Crippen LogP contribution in [0.3, 0.4) is 0 Å². The number of carbonyl (C=O) groups excluding carboxylic acids is 1. The van der Waals surface area contributed by atoms with Crippen LogP contribution in [0.15, 0.2) is 65.1 Å². The second kappa shape index (κ2) is 9.02. The number of hydrogen-bond donors (Lipinski definition) is 3. The van der Waals surface area contributed by atoms with Crippen molar-refractivity contribution in [1.82, 2.24) is 19.6 Å². The number of aliphatic imine (C=N–C) groups is 1. The molecule has 1 atom stereocenters. The Bertz CT molecular complexity index is 1370. The maximum Gasteiger partial charge on any atom is 0.252 e. The van der Waals surface area contributed by atoms with Gasteiger partial charge in [0.1, 0.15) is 6.04 Å². The molecule has 1 unspecified atom stereocenters. The van der Waals surface area contributed by atoms with Crippen molar-refractivity contribution >= 4 is 45.5 Å². The van der Waals surface area contributed by atoms with Crippen LogP contribution in [0, 0.1) is 0 Å². The van der Waals surface area contributed by atoms with Crippen LogP contribution in [0.5, 0.6) is 0 Å². The van der Waals surface area contributed by atoms with E-state index in [2.05, 4.69) is 41.8 Å². The molecule has 1 saturated heterocycles. The second-order valence-electron chi connectivity index (χ2n) is 8.48. The van der Waals surface area contributed by atoms with Crippen LogP contribution in [0.4, 0.5) is 17.1 Å². The average molecular weight is 472 g/mol. The summed E-state index contributed by atoms with van der Waals surface area (Å²) in [4.78, 5) is 25.8. The van der Waals surface area contributed by atoms with Crippen molar-refractivity contribution in [3.05, 3.63) is 65.8 Å². The molecule has 2 aromatic heterocycles. The molecular weight excluding hydrogens is 446 g/mol. The van der Waals surface area contributed by atoms with E-state index in [1.165, 1.54) is 5.69 Å². The minimum absolute atomic E-state index is 0.161. The molecule has 8 nitrogen and oxygen atoms in total. The van der Waals surface area contributed by atoms with Crippen molar-refractivity contribution in [3.63, 3.8) is 0 Å². The summed E-state index contributed by atoms with van der Waals surface area (Å²) in [7, 11) is 0. The fraction of sp³-hybridized carbons (Fsp3) is 0.240. The Morgan fingerprint density at radius 2 is 1.94 bits per heavy atom. The highest BCUT2D eigenvalue weighted by Crippen LogP contribution is 2.31. The molecule has 9 heteroatoms. The third-order valence-corrected chi connectivity index (χ3v) is 7.09. The first-order valence-electron chi connectivity index (χ1n) is 11.4. The molecule has 0 aliphatic carbocycles. The molecule has 0 bridgehead atoms. The number of piperazine rings is 1. The number of anilines is 2. The van der Waals surface area contributed by atoms with Gasteiger partial charge in [0.15, 0.2) is 4.96 Å². The first-order valence-corrected chi connectivity index (χ1v) is 12.3. The Morgan fingerprint density at radius 3 is 2.85 bits per heavy atom. The summed E-state index contributed by atoms with van der Waals surface area (Å²) < 4.78 is 2.17. The fourth-order valence-corrected chi connectivity index (χ4v) is 5.26. The highest BCUT2D eigenvalue weighted by atomic mass is 32.1. The molecule has 4 heterocycles. The summed E-state index contributed by atoms with van der Waals surface area (Å²) in [5, 5.41) is 11.9. The van der Waals surface area contributed by atoms with Gasteiger partial charge in [-0.1, -0.05) is 30.3 Å². The summed E-state index contributed by atoms with van der Waals surface area (Å²) in [6, 6.07) is 15.0. The third kappa shape index (κ3) is 4.09. The highest BCUT2D eigenvalue weighted by molar-refractivity contribution is 7.15. The van der Waals surface area contributed by atoms with Gasteiger partial charge in [-0.25, -0.2) is 4.98 Å². The van der Waals surface area contributed by atoms with E-state index >= 15 is 0 Å². The molecule has 3 N–H and O–H groups in total. The van der Waals surface area contributed by atoms with Crippen molar-refractivity contribution in [2.75, 3.05) is 36.8 Å². The maximum atomic E-state index is 13.1. The average Bonchev–Trinajstić information content (AvgIpc) is 3.46. The van der Waals surface area contributed by atoms with E-state index in [1.54, 1.807) is 17.6 Å². The minimum Gasteiger partial charge on any atom is -0.368 e. The summed E-state index contributed by atoms with van der Waals surface area (Å²) in [5.74, 6) is -0.161. The molecule has 0 spiro atoms. The van der Waals surface area contributed by atoms with Gasteiger partial charge in [0.25, 0.3) is 5.91 Å². The lowest BCUT2D eigenvalue weighted by Gasteiger charge is -2.26. The van der Waals surface area contributed by atoms with E-state index in [0.717, 1.165) is 66.0 Å². The lowest BCUT2D eigenvalue weighted by Crippen LogP contribution is -2.43. The Balaban J connectivity index is 1.23. The predicted molar refractivity (Wildman–Crippen MR) is 137 cm³/mol. The first kappa shape index (κ1) is 21.0. The van der Waals surface area contributed by atoms with Crippen LogP contribution in [0.1, 0.15) is 5.69 Å². The largest absolute Gasteiger partial charge is 0.368 e. The normalized spacial score (nSPS) is 17.9. The topological polar surface area (TPSA) is 86.1 Å². The second-order valence-corrected chi connectivity index (χ2v) is 9.32. The number of rotatable bonds is 5. The van der Waals surface area contributed by atoms with Crippen LogP contribution in [0.2, 0.25) is 0 Å². The van der Waals surface area contributed by atoms with Crippen LogP contribution >= 0.6 is 11.3 Å². The Kier molecular flexibility index (Phi) is 5.58. The lowest BCUT2D eigenvalue weighted by atomic mass is 10.1. The molecule has 4 aromatic rings. The number of thiazole rings is 1. The smallest absolute Gasteiger partial charge is 0.252 e. The number of imidazole rings is 1. The van der Waals surface area contributed by atoms with Gasteiger partial charge in [0, 0.05) is 61.8 Å². The predicted octanol–water partition coefficient (Wildman–Crippen LogP) is 3.60. The summed E-state index contributed by atoms with van der Waals surface area (Å²) in [5.41, 5.74) is 5.40. The molecule has 2 aliphatic heterocycles. The van der Waals surface area contributed by atoms with Crippen molar-refractivity contribution in [2.24, 2.45) is 4.99 Å². The number of benzene rings is 2. The number of nitrogens with zero attached hydrogens (tertiary/aromatic N) is 4. The molecule has 6 rings (SSSR count). The molecule has 0 saturated carbocycles. The molecule has 1 fully saturated rings. The van der Waals surface area contributed by atoms with Gasteiger partial charge in [-0.15, -0.1) is 11.3 Å². The van der Waals surface area contributed by atoms with E-state index in [9.17, 15) is 4.79 Å². The Hall–Kier alpha value is -3.53. The van der Waals surface area contributed by atoms with Crippen molar-refractivity contribution in [1.29, 1.82) is 0 Å². The van der Waals surface area contributed by atoms with Gasteiger partial charge < -0.3 is 16.0 Å². The molecule has 0 radical (unpaired) electrons. The van der Waals surface area contributed by atoms with Gasteiger partial charge in [-0.3, -0.25) is 19.1 Å². The SMILES string of the molecule is O=C(Nc1ccccc1-c1cn2c(CN3CCNCC3)csc2n1)C1C=Nc2ccccc2N1. The quantitative estimate of drug-likeness (QED) is 0.414. The number of aromatic nitrogens is 2. The number of para-hydroxylation sites is 3. The third-order valence-electron chi connectivity index (χ3n) is 6.20. The number of amides is 1. The Morgan fingerprint density at radius 1 is 1.12 bits per heavy atom. The van der Waals surface area contributed by atoms with Gasteiger partial charge >= 0.3 is 0 Å². The highest BCUT2D eigenvalue weighted by Gasteiger charge is 2.22. The fourth-order valence-electron chi connectivity index (χ4n) is 4.40. The number of fused-ring (bicyclic) bond motifs is 2. The monoisotopic (exact) mass is 471 g/mol. The van der Waals surface area contributed by atoms with Crippen LogP contribution in [0.25, 0.3) is 16.2 Å². The summed E-state index contributed by atoms with van der Waals surface area (Å²) in [6.45, 7) is 5.07. The van der Waals surface area contributed by atoms with E-state index < -0.39 is 6.04 Å². The van der Waals surface area contributed by atoms with Crippen molar-refractivity contribution in [2.45, 2.75) is 12.6 Å². The van der Waals surface area contributed by atoms with Crippen molar-refractivity contribution in [3.8, 4) is 11.3 Å². The molecule has 2 aliphatic rings. The molecule has 172 valence electrons. The Labute approximate surface area is 201 Å². The van der Waals surface area contributed by atoms with Crippen LogP contribution in [-0.2, 0) is 11.3 Å². The summed E-state index contributed by atoms with van der Waals surface area (Å²) >= 11 is 1.65. The van der Waals surface area contributed by atoms with E-state index in [1.807, 2.05) is 48.5 Å². The van der Waals surface area contributed by atoms with Gasteiger partial charge in [0.2, 0.25) is 0 Å². The van der Waals surface area contributed by atoms with Gasteiger partial charge in [0.05, 0.1) is 22.8 Å². The minimum atomic E-state index is -0.543. The van der Waals surface area contributed by atoms with Gasteiger partial charge in [-0.05, 0) is 18.2 Å². The van der Waals surface area contributed by atoms with Crippen LogP contribution < -0.4 is 16.0 Å². The number of carbonyl (C=O) groups is 1. The first-order chi connectivity index (χ1) is 16.7. The zero-order valence-electron chi connectivity index (χ0n) is 18.6. The summed E-state index contributed by atoms with van der Waals surface area (Å²) in [6.07, 6.45) is 3.72. The van der Waals surface area contributed by atoms with Crippen LogP contribution in [-0.4, -0.2) is 58.6 Å². The van der Waals surface area contributed by atoms with Crippen molar-refractivity contribution < 1.29 is 4.79 Å². The number of nitrogens with one attached hydrogen (secondary N) is 3.